The number of hydrogen-bond acceptors (Lipinski definition) is 3. The van der Waals surface area contributed by atoms with Crippen molar-refractivity contribution >= 4 is 6.29 Å². The van der Waals surface area contributed by atoms with Gasteiger partial charge >= 0.3 is 0 Å². The van der Waals surface area contributed by atoms with Crippen molar-refractivity contribution in [1.29, 1.82) is 0 Å². The summed E-state index contributed by atoms with van der Waals surface area (Å²) >= 11 is 0. The molecule has 0 saturated heterocycles. The normalized spacial score (nSPS) is 12.5. The topological polar surface area (TPSA) is 40.5 Å². The maximum atomic E-state index is 10.8. The molecule has 0 aliphatic rings. The second-order valence-electron chi connectivity index (χ2n) is 4.75. The molecule has 0 fully saturated rings. The van der Waals surface area contributed by atoms with E-state index in [9.17, 15) is 4.79 Å². The Labute approximate surface area is 87.1 Å². The fourth-order valence-corrected chi connectivity index (χ4v) is 1.35. The van der Waals surface area contributed by atoms with Gasteiger partial charge in [-0.15, -0.1) is 0 Å². The molecule has 14 heavy (non-hydrogen) atoms. The number of aliphatic hydroxyl groups excluding tert-OH is 1. The van der Waals surface area contributed by atoms with Crippen LogP contribution in [0, 0.1) is 5.41 Å². The van der Waals surface area contributed by atoms with Gasteiger partial charge in [0.25, 0.3) is 0 Å². The number of carbonyl (C=O) groups is 1. The molecule has 0 rings (SSSR count). The third-order valence-corrected chi connectivity index (χ3v) is 2.26. The first-order chi connectivity index (χ1) is 6.43. The first kappa shape index (κ1) is 13.6. The van der Waals surface area contributed by atoms with E-state index in [1.807, 2.05) is 13.8 Å². The molecule has 84 valence electrons. The van der Waals surface area contributed by atoms with Crippen molar-refractivity contribution in [3.05, 3.63) is 0 Å². The Hall–Kier alpha value is -0.410. The standard InChI is InChI=1S/C11H23NO2/c1-10(2)12(6-5-7-13)8-11(3,4)9-14/h9-10,13H,5-8H2,1-4H3. The monoisotopic (exact) mass is 201 g/mol. The van der Waals surface area contributed by atoms with E-state index in [2.05, 4.69) is 18.7 Å². The predicted octanol–water partition coefficient (Wildman–Crippen LogP) is 1.30. The molecule has 0 saturated carbocycles. The molecule has 0 radical (unpaired) electrons. The van der Waals surface area contributed by atoms with Crippen LogP contribution in [-0.4, -0.2) is 42.0 Å². The van der Waals surface area contributed by atoms with Crippen LogP contribution in [0.1, 0.15) is 34.1 Å². The van der Waals surface area contributed by atoms with E-state index >= 15 is 0 Å². The van der Waals surface area contributed by atoms with Crippen LogP contribution < -0.4 is 0 Å². The first-order valence-corrected chi connectivity index (χ1v) is 5.24. The van der Waals surface area contributed by atoms with E-state index in [-0.39, 0.29) is 12.0 Å². The summed E-state index contributed by atoms with van der Waals surface area (Å²) < 4.78 is 0. The van der Waals surface area contributed by atoms with Gasteiger partial charge in [0.15, 0.2) is 0 Å². The van der Waals surface area contributed by atoms with Crippen molar-refractivity contribution < 1.29 is 9.90 Å². The zero-order chi connectivity index (χ0) is 11.2. The predicted molar refractivity (Wildman–Crippen MR) is 58.3 cm³/mol. The lowest BCUT2D eigenvalue weighted by atomic mass is 9.94. The first-order valence-electron chi connectivity index (χ1n) is 5.24. The Kier molecular flexibility index (Phi) is 5.96. The molecule has 0 bridgehead atoms. The molecule has 0 aliphatic heterocycles. The average Bonchev–Trinajstić information content (AvgIpc) is 2.12. The van der Waals surface area contributed by atoms with Crippen LogP contribution in [0.25, 0.3) is 0 Å². The highest BCUT2D eigenvalue weighted by atomic mass is 16.3. The van der Waals surface area contributed by atoms with Crippen molar-refractivity contribution in [1.82, 2.24) is 4.90 Å². The quantitative estimate of drug-likeness (QED) is 0.631. The minimum Gasteiger partial charge on any atom is -0.396 e. The molecule has 0 amide bonds. The zero-order valence-electron chi connectivity index (χ0n) is 9.79. The van der Waals surface area contributed by atoms with Gasteiger partial charge in [0.1, 0.15) is 6.29 Å². The highest BCUT2D eigenvalue weighted by Gasteiger charge is 2.22. The lowest BCUT2D eigenvalue weighted by Gasteiger charge is -2.31. The molecule has 0 aromatic carbocycles. The summed E-state index contributed by atoms with van der Waals surface area (Å²) in [7, 11) is 0. The van der Waals surface area contributed by atoms with Crippen molar-refractivity contribution in [2.75, 3.05) is 19.7 Å². The van der Waals surface area contributed by atoms with E-state index in [1.54, 1.807) is 0 Å². The summed E-state index contributed by atoms with van der Waals surface area (Å²) in [5, 5.41) is 8.76. The van der Waals surface area contributed by atoms with Gasteiger partial charge in [0, 0.05) is 31.2 Å². The Balaban J connectivity index is 4.15. The number of nitrogens with zero attached hydrogens (tertiary/aromatic N) is 1. The molecule has 0 aromatic rings. The Bertz CT molecular complexity index is 167. The molecule has 3 heteroatoms. The van der Waals surface area contributed by atoms with Crippen molar-refractivity contribution in [2.45, 2.75) is 40.2 Å². The minimum absolute atomic E-state index is 0.213. The fourth-order valence-electron chi connectivity index (χ4n) is 1.35. The van der Waals surface area contributed by atoms with Gasteiger partial charge in [-0.25, -0.2) is 0 Å². The highest BCUT2D eigenvalue weighted by molar-refractivity contribution is 5.58. The summed E-state index contributed by atoms with van der Waals surface area (Å²) in [5.74, 6) is 0. The number of hydrogen-bond donors (Lipinski definition) is 1. The summed E-state index contributed by atoms with van der Waals surface area (Å²) in [6.07, 6.45) is 1.77. The maximum absolute atomic E-state index is 10.8. The molecule has 3 nitrogen and oxygen atoms in total. The third-order valence-electron chi connectivity index (χ3n) is 2.26. The van der Waals surface area contributed by atoms with Crippen LogP contribution in [-0.2, 0) is 4.79 Å². The van der Waals surface area contributed by atoms with Crippen molar-refractivity contribution in [2.24, 2.45) is 5.41 Å². The largest absolute Gasteiger partial charge is 0.396 e. The van der Waals surface area contributed by atoms with Crippen LogP contribution in [0.15, 0.2) is 0 Å². The summed E-state index contributed by atoms with van der Waals surface area (Å²) in [5.41, 5.74) is -0.292. The van der Waals surface area contributed by atoms with Gasteiger partial charge in [-0.05, 0) is 20.3 Å². The Morgan fingerprint density at radius 1 is 1.43 bits per heavy atom. The smallest absolute Gasteiger partial charge is 0.126 e. The van der Waals surface area contributed by atoms with E-state index < -0.39 is 0 Å². The Morgan fingerprint density at radius 2 is 2.00 bits per heavy atom. The lowest BCUT2D eigenvalue weighted by Crippen LogP contribution is -2.40. The lowest BCUT2D eigenvalue weighted by molar-refractivity contribution is -0.115. The third kappa shape index (κ3) is 5.35. The molecule has 0 spiro atoms. The summed E-state index contributed by atoms with van der Waals surface area (Å²) in [4.78, 5) is 13.0. The highest BCUT2D eigenvalue weighted by Crippen LogP contribution is 2.15. The molecule has 0 unspecified atom stereocenters. The van der Waals surface area contributed by atoms with Gasteiger partial charge in [-0.2, -0.15) is 0 Å². The number of aliphatic hydroxyl groups is 1. The van der Waals surface area contributed by atoms with E-state index in [1.165, 1.54) is 0 Å². The van der Waals surface area contributed by atoms with E-state index in [0.717, 1.165) is 25.8 Å². The van der Waals surface area contributed by atoms with Crippen molar-refractivity contribution in [3.8, 4) is 0 Å². The molecule has 0 aromatic heterocycles. The SMILES string of the molecule is CC(C)N(CCCO)CC(C)(C)C=O. The van der Waals surface area contributed by atoms with Gasteiger partial charge in [-0.3, -0.25) is 4.90 Å². The van der Waals surface area contributed by atoms with Crippen molar-refractivity contribution in [3.63, 3.8) is 0 Å². The second-order valence-corrected chi connectivity index (χ2v) is 4.75. The van der Waals surface area contributed by atoms with E-state index in [0.29, 0.717) is 6.04 Å². The summed E-state index contributed by atoms with van der Waals surface area (Å²) in [6.45, 7) is 9.92. The number of carbonyl (C=O) groups excluding carboxylic acids is 1. The average molecular weight is 201 g/mol. The minimum atomic E-state index is -0.292. The Morgan fingerprint density at radius 3 is 2.36 bits per heavy atom. The van der Waals surface area contributed by atoms with Gasteiger partial charge < -0.3 is 9.90 Å². The van der Waals surface area contributed by atoms with Crippen LogP contribution in [0.5, 0.6) is 0 Å². The molecule has 0 aliphatic carbocycles. The molecule has 0 atom stereocenters. The van der Waals surface area contributed by atoms with Crippen LogP contribution in [0.4, 0.5) is 0 Å². The zero-order valence-corrected chi connectivity index (χ0v) is 9.79. The molecular formula is C11H23NO2. The molecule has 1 N–H and O–H groups in total. The van der Waals surface area contributed by atoms with Gasteiger partial charge in [0.05, 0.1) is 0 Å². The second kappa shape index (κ2) is 6.14. The number of aldehydes is 1. The van der Waals surface area contributed by atoms with Gasteiger partial charge in [-0.1, -0.05) is 13.8 Å². The fraction of sp³-hybridized carbons (Fsp3) is 0.909. The van der Waals surface area contributed by atoms with Gasteiger partial charge in [0.2, 0.25) is 0 Å². The van der Waals surface area contributed by atoms with Crippen LogP contribution >= 0.6 is 0 Å². The van der Waals surface area contributed by atoms with Crippen LogP contribution in [0.2, 0.25) is 0 Å². The van der Waals surface area contributed by atoms with Crippen LogP contribution in [0.3, 0.4) is 0 Å². The van der Waals surface area contributed by atoms with E-state index in [4.69, 9.17) is 5.11 Å². The number of rotatable bonds is 7. The maximum Gasteiger partial charge on any atom is 0.126 e. The summed E-state index contributed by atoms with van der Waals surface area (Å²) in [6, 6.07) is 0.417. The molecular weight excluding hydrogens is 178 g/mol. The molecule has 0 heterocycles.